The van der Waals surface area contributed by atoms with E-state index in [1.54, 1.807) is 41.3 Å². The molecule has 27 heavy (non-hydrogen) atoms. The number of carbonyl (C=O) groups is 3. The summed E-state index contributed by atoms with van der Waals surface area (Å²) >= 11 is 0. The van der Waals surface area contributed by atoms with E-state index >= 15 is 0 Å². The smallest absolute Gasteiger partial charge is 0.305 e. The largest absolute Gasteiger partial charge is 0.481 e. The highest BCUT2D eigenvalue weighted by Gasteiger charge is 2.35. The van der Waals surface area contributed by atoms with Crippen LogP contribution in [0, 0.1) is 0 Å². The SMILES string of the molecule is O=C(O)CC1CCCN1C(=O)C(NC(=O)c1ccccc1)c1ccccc1. The molecule has 2 amide bonds. The summed E-state index contributed by atoms with van der Waals surface area (Å²) in [5, 5.41) is 11.9. The quantitative estimate of drug-likeness (QED) is 0.823. The number of amides is 2. The van der Waals surface area contributed by atoms with Crippen LogP contribution in [0.2, 0.25) is 0 Å². The van der Waals surface area contributed by atoms with Gasteiger partial charge in [-0.3, -0.25) is 14.4 Å². The monoisotopic (exact) mass is 366 g/mol. The standard InChI is InChI=1S/C21H22N2O4/c24-18(25)14-17-12-7-13-23(17)21(27)19(15-8-3-1-4-9-15)22-20(26)16-10-5-2-6-11-16/h1-6,8-11,17,19H,7,12-14H2,(H,22,26)(H,24,25). The zero-order valence-corrected chi connectivity index (χ0v) is 14.9. The zero-order valence-electron chi connectivity index (χ0n) is 14.9. The lowest BCUT2D eigenvalue weighted by Gasteiger charge is -2.29. The molecule has 1 saturated heterocycles. The molecule has 0 radical (unpaired) electrons. The van der Waals surface area contributed by atoms with E-state index in [-0.39, 0.29) is 24.3 Å². The molecule has 3 rings (SSSR count). The van der Waals surface area contributed by atoms with Crippen LogP contribution in [0.15, 0.2) is 60.7 Å². The Kier molecular flexibility index (Phi) is 5.86. The van der Waals surface area contributed by atoms with Gasteiger partial charge in [0.2, 0.25) is 5.91 Å². The molecule has 0 spiro atoms. The maximum Gasteiger partial charge on any atom is 0.305 e. The Hall–Kier alpha value is -3.15. The molecule has 2 N–H and O–H groups in total. The van der Waals surface area contributed by atoms with Crippen molar-refractivity contribution in [3.63, 3.8) is 0 Å². The molecule has 1 aliphatic heterocycles. The second kappa shape index (κ2) is 8.49. The van der Waals surface area contributed by atoms with E-state index in [4.69, 9.17) is 5.11 Å². The summed E-state index contributed by atoms with van der Waals surface area (Å²) in [6.07, 6.45) is 1.34. The van der Waals surface area contributed by atoms with Crippen LogP contribution < -0.4 is 5.32 Å². The van der Waals surface area contributed by atoms with Crippen molar-refractivity contribution in [3.05, 3.63) is 71.8 Å². The third-order valence-corrected chi connectivity index (χ3v) is 4.76. The summed E-state index contributed by atoms with van der Waals surface area (Å²) < 4.78 is 0. The molecule has 1 heterocycles. The molecular weight excluding hydrogens is 344 g/mol. The summed E-state index contributed by atoms with van der Waals surface area (Å²) in [6, 6.07) is 16.6. The maximum absolute atomic E-state index is 13.2. The molecule has 6 nitrogen and oxygen atoms in total. The normalized spacial score (nSPS) is 17.3. The first-order valence-corrected chi connectivity index (χ1v) is 8.99. The summed E-state index contributed by atoms with van der Waals surface area (Å²) in [5.41, 5.74) is 1.14. The molecule has 6 heteroatoms. The Morgan fingerprint density at radius 2 is 1.67 bits per heavy atom. The van der Waals surface area contributed by atoms with Crippen LogP contribution in [-0.4, -0.2) is 40.4 Å². The van der Waals surface area contributed by atoms with Crippen LogP contribution >= 0.6 is 0 Å². The van der Waals surface area contributed by atoms with Gasteiger partial charge in [0.05, 0.1) is 6.42 Å². The summed E-state index contributed by atoms with van der Waals surface area (Å²) in [6.45, 7) is 0.501. The number of carbonyl (C=O) groups excluding carboxylic acids is 2. The third-order valence-electron chi connectivity index (χ3n) is 4.76. The lowest BCUT2D eigenvalue weighted by atomic mass is 10.0. The molecule has 0 aliphatic carbocycles. The molecule has 0 bridgehead atoms. The first-order valence-electron chi connectivity index (χ1n) is 8.99. The van der Waals surface area contributed by atoms with Gasteiger partial charge in [-0.2, -0.15) is 0 Å². The Balaban J connectivity index is 1.85. The highest BCUT2D eigenvalue weighted by molar-refractivity contribution is 5.98. The predicted molar refractivity (Wildman–Crippen MR) is 100 cm³/mol. The Labute approximate surface area is 157 Å². The topological polar surface area (TPSA) is 86.7 Å². The van der Waals surface area contributed by atoms with Crippen molar-refractivity contribution in [1.82, 2.24) is 10.2 Å². The van der Waals surface area contributed by atoms with Crippen LogP contribution in [-0.2, 0) is 9.59 Å². The Bertz CT molecular complexity index is 807. The fourth-order valence-corrected chi connectivity index (χ4v) is 3.44. The van der Waals surface area contributed by atoms with Crippen molar-refractivity contribution >= 4 is 17.8 Å². The van der Waals surface area contributed by atoms with E-state index < -0.39 is 12.0 Å². The van der Waals surface area contributed by atoms with Crippen molar-refractivity contribution in [1.29, 1.82) is 0 Å². The van der Waals surface area contributed by atoms with Crippen molar-refractivity contribution in [3.8, 4) is 0 Å². The van der Waals surface area contributed by atoms with Crippen molar-refractivity contribution in [2.45, 2.75) is 31.3 Å². The minimum absolute atomic E-state index is 0.0835. The van der Waals surface area contributed by atoms with Crippen molar-refractivity contribution in [2.75, 3.05) is 6.54 Å². The molecule has 1 fully saturated rings. The first kappa shape index (κ1) is 18.6. The number of hydrogen-bond donors (Lipinski definition) is 2. The molecule has 2 atom stereocenters. The number of carboxylic acid groups (broad SMARTS) is 1. The average Bonchev–Trinajstić information content (AvgIpc) is 3.14. The fourth-order valence-electron chi connectivity index (χ4n) is 3.44. The number of likely N-dealkylation sites (tertiary alicyclic amines) is 1. The van der Waals surface area contributed by atoms with Gasteiger partial charge in [0, 0.05) is 18.2 Å². The molecule has 2 aromatic rings. The summed E-state index contributed by atoms with van der Waals surface area (Å²) in [4.78, 5) is 38.6. The number of nitrogens with one attached hydrogen (secondary N) is 1. The van der Waals surface area contributed by atoms with Gasteiger partial charge in [-0.15, -0.1) is 0 Å². The predicted octanol–water partition coefficient (Wildman–Crippen LogP) is 2.62. The lowest BCUT2D eigenvalue weighted by molar-refractivity contribution is -0.140. The van der Waals surface area contributed by atoms with Gasteiger partial charge in [0.15, 0.2) is 0 Å². The molecule has 1 aliphatic rings. The van der Waals surface area contributed by atoms with Gasteiger partial charge < -0.3 is 15.3 Å². The average molecular weight is 366 g/mol. The van der Waals surface area contributed by atoms with Crippen molar-refractivity contribution < 1.29 is 19.5 Å². The van der Waals surface area contributed by atoms with Gasteiger partial charge in [0.25, 0.3) is 5.91 Å². The number of rotatable bonds is 6. The van der Waals surface area contributed by atoms with Crippen LogP contribution in [0.5, 0.6) is 0 Å². The van der Waals surface area contributed by atoms with Crippen LogP contribution in [0.3, 0.4) is 0 Å². The molecule has 2 aromatic carbocycles. The maximum atomic E-state index is 13.2. The Morgan fingerprint density at radius 3 is 2.30 bits per heavy atom. The molecule has 0 aromatic heterocycles. The first-order chi connectivity index (χ1) is 13.1. The van der Waals surface area contributed by atoms with Gasteiger partial charge in [-0.1, -0.05) is 48.5 Å². The molecule has 2 unspecified atom stereocenters. The zero-order chi connectivity index (χ0) is 19.2. The number of hydrogen-bond acceptors (Lipinski definition) is 3. The van der Waals surface area contributed by atoms with E-state index in [1.807, 2.05) is 24.3 Å². The second-order valence-corrected chi connectivity index (χ2v) is 6.61. The number of carboxylic acids is 1. The van der Waals surface area contributed by atoms with Crippen LogP contribution in [0.1, 0.15) is 41.2 Å². The molecule has 0 saturated carbocycles. The van der Waals surface area contributed by atoms with Crippen LogP contribution in [0.4, 0.5) is 0 Å². The van der Waals surface area contributed by atoms with E-state index in [2.05, 4.69) is 5.32 Å². The number of nitrogens with zero attached hydrogens (tertiary/aromatic N) is 1. The van der Waals surface area contributed by atoms with Crippen molar-refractivity contribution in [2.24, 2.45) is 0 Å². The fraction of sp³-hybridized carbons (Fsp3) is 0.286. The Morgan fingerprint density at radius 1 is 1.04 bits per heavy atom. The van der Waals surface area contributed by atoms with E-state index in [9.17, 15) is 14.4 Å². The summed E-state index contributed by atoms with van der Waals surface area (Å²) in [7, 11) is 0. The minimum Gasteiger partial charge on any atom is -0.481 e. The van der Waals surface area contributed by atoms with E-state index in [0.717, 1.165) is 6.42 Å². The van der Waals surface area contributed by atoms with E-state index in [1.165, 1.54) is 0 Å². The van der Waals surface area contributed by atoms with Gasteiger partial charge in [0.1, 0.15) is 6.04 Å². The number of aliphatic carboxylic acids is 1. The van der Waals surface area contributed by atoms with Gasteiger partial charge in [-0.05, 0) is 30.5 Å². The van der Waals surface area contributed by atoms with Gasteiger partial charge in [-0.25, -0.2) is 0 Å². The third kappa shape index (κ3) is 4.53. The van der Waals surface area contributed by atoms with E-state index in [0.29, 0.717) is 24.1 Å². The number of benzene rings is 2. The molecule has 140 valence electrons. The highest BCUT2D eigenvalue weighted by Crippen LogP contribution is 2.25. The summed E-state index contributed by atoms with van der Waals surface area (Å²) in [5.74, 6) is -1.54. The molecular formula is C21H22N2O4. The van der Waals surface area contributed by atoms with Crippen LogP contribution in [0.25, 0.3) is 0 Å². The minimum atomic E-state index is -0.927. The lowest BCUT2D eigenvalue weighted by Crippen LogP contribution is -2.45. The highest BCUT2D eigenvalue weighted by atomic mass is 16.4. The van der Waals surface area contributed by atoms with Gasteiger partial charge >= 0.3 is 5.97 Å². The second-order valence-electron chi connectivity index (χ2n) is 6.61.